The minimum atomic E-state index is 0.0262. The summed E-state index contributed by atoms with van der Waals surface area (Å²) < 4.78 is 3.83. The number of rotatable bonds is 4. The molecular weight excluding hydrogens is 316 g/mol. The monoisotopic (exact) mass is 336 g/mol. The molecule has 0 atom stereocenters. The lowest BCUT2D eigenvalue weighted by Crippen LogP contribution is -2.49. The van der Waals surface area contributed by atoms with Crippen molar-refractivity contribution in [2.24, 2.45) is 7.05 Å². The van der Waals surface area contributed by atoms with Crippen molar-refractivity contribution in [1.29, 1.82) is 0 Å². The highest BCUT2D eigenvalue weighted by molar-refractivity contribution is 5.93. The quantitative estimate of drug-likeness (QED) is 0.726. The molecule has 1 aliphatic heterocycles. The van der Waals surface area contributed by atoms with Crippen LogP contribution < -0.4 is 0 Å². The van der Waals surface area contributed by atoms with Crippen LogP contribution in [0.25, 0.3) is 0 Å². The second-order valence-corrected chi connectivity index (χ2v) is 6.45. The van der Waals surface area contributed by atoms with E-state index in [9.17, 15) is 4.79 Å². The third kappa shape index (κ3) is 2.82. The zero-order chi connectivity index (χ0) is 17.4. The van der Waals surface area contributed by atoms with Gasteiger partial charge in [-0.05, 0) is 24.6 Å². The van der Waals surface area contributed by atoms with Crippen LogP contribution in [-0.2, 0) is 13.6 Å². The van der Waals surface area contributed by atoms with Crippen LogP contribution in [0.3, 0.4) is 0 Å². The Labute approximate surface area is 145 Å². The van der Waals surface area contributed by atoms with Gasteiger partial charge in [-0.25, -0.2) is 4.98 Å². The molecule has 3 aromatic rings. The number of nitrogens with zero attached hydrogens (tertiary/aromatic N) is 6. The van der Waals surface area contributed by atoms with Crippen LogP contribution in [0.2, 0.25) is 0 Å². The van der Waals surface area contributed by atoms with E-state index in [1.54, 1.807) is 30.2 Å². The van der Waals surface area contributed by atoms with Gasteiger partial charge in [0.05, 0.1) is 12.5 Å². The molecule has 0 N–H and O–H groups in total. The molecule has 1 amide bonds. The molecule has 1 aliphatic rings. The van der Waals surface area contributed by atoms with E-state index in [2.05, 4.69) is 32.6 Å². The predicted octanol–water partition coefficient (Wildman–Crippen LogP) is 1.61. The predicted molar refractivity (Wildman–Crippen MR) is 92.2 cm³/mol. The summed E-state index contributed by atoms with van der Waals surface area (Å²) in [5, 5.41) is 4.07. The summed E-state index contributed by atoms with van der Waals surface area (Å²) >= 11 is 0. The first-order chi connectivity index (χ1) is 12.1. The minimum absolute atomic E-state index is 0.0262. The molecule has 128 valence electrons. The van der Waals surface area contributed by atoms with Gasteiger partial charge in [-0.15, -0.1) is 0 Å². The topological polar surface area (TPSA) is 68.8 Å². The van der Waals surface area contributed by atoms with E-state index in [0.29, 0.717) is 18.8 Å². The number of hydrogen-bond acceptors (Lipinski definition) is 4. The average Bonchev–Trinajstić information content (AvgIpc) is 3.15. The van der Waals surface area contributed by atoms with Crippen LogP contribution in [-0.4, -0.2) is 48.2 Å². The number of aromatic nitrogens is 5. The van der Waals surface area contributed by atoms with Crippen molar-refractivity contribution in [2.75, 3.05) is 13.1 Å². The molecule has 0 saturated carbocycles. The van der Waals surface area contributed by atoms with Crippen molar-refractivity contribution >= 4 is 5.91 Å². The number of amides is 1. The van der Waals surface area contributed by atoms with Gasteiger partial charge in [0.2, 0.25) is 0 Å². The Bertz CT molecular complexity index is 891. The Kier molecular flexibility index (Phi) is 3.83. The molecule has 1 fully saturated rings. The number of hydrogen-bond donors (Lipinski definition) is 0. The van der Waals surface area contributed by atoms with Gasteiger partial charge in [-0.3, -0.25) is 14.5 Å². The fourth-order valence-electron chi connectivity index (χ4n) is 3.24. The lowest BCUT2D eigenvalue weighted by Gasteiger charge is -2.39. The smallest absolute Gasteiger partial charge is 0.272 e. The maximum Gasteiger partial charge on any atom is 0.272 e. The molecule has 7 nitrogen and oxygen atoms in total. The summed E-state index contributed by atoms with van der Waals surface area (Å²) in [4.78, 5) is 23.1. The molecule has 0 aromatic carbocycles. The summed E-state index contributed by atoms with van der Waals surface area (Å²) in [7, 11) is 1.79. The van der Waals surface area contributed by atoms with Crippen LogP contribution in [0.1, 0.15) is 33.5 Å². The van der Waals surface area contributed by atoms with Gasteiger partial charge in [-0.1, -0.05) is 6.07 Å². The second kappa shape index (κ2) is 6.16. The summed E-state index contributed by atoms with van der Waals surface area (Å²) in [6, 6.07) is 5.76. The highest BCUT2D eigenvalue weighted by atomic mass is 16.2. The maximum atomic E-state index is 12.5. The number of carbonyl (C=O) groups excluding carboxylic acids is 1. The van der Waals surface area contributed by atoms with Crippen molar-refractivity contribution < 1.29 is 4.79 Å². The summed E-state index contributed by atoms with van der Waals surface area (Å²) in [6.07, 6.45) is 7.20. The van der Waals surface area contributed by atoms with Gasteiger partial charge < -0.3 is 9.47 Å². The molecule has 7 heteroatoms. The van der Waals surface area contributed by atoms with E-state index >= 15 is 0 Å². The van der Waals surface area contributed by atoms with Crippen molar-refractivity contribution in [2.45, 2.75) is 19.4 Å². The first-order valence-corrected chi connectivity index (χ1v) is 8.31. The van der Waals surface area contributed by atoms with Crippen molar-refractivity contribution in [1.82, 2.24) is 29.2 Å². The van der Waals surface area contributed by atoms with Gasteiger partial charge >= 0.3 is 0 Å². The molecule has 1 saturated heterocycles. The van der Waals surface area contributed by atoms with Gasteiger partial charge in [0.25, 0.3) is 5.91 Å². The fraction of sp³-hybridized carbons (Fsp3) is 0.333. The lowest BCUT2D eigenvalue weighted by molar-refractivity contribution is 0.0580. The third-order valence-electron chi connectivity index (χ3n) is 4.72. The van der Waals surface area contributed by atoms with E-state index < -0.39 is 0 Å². The number of aryl methyl sites for hydroxylation is 2. The van der Waals surface area contributed by atoms with Gasteiger partial charge in [0.1, 0.15) is 11.5 Å². The molecule has 4 rings (SSSR count). The van der Waals surface area contributed by atoms with E-state index in [1.807, 2.05) is 23.4 Å². The van der Waals surface area contributed by atoms with Crippen LogP contribution in [0.15, 0.2) is 43.0 Å². The molecule has 0 bridgehead atoms. The average molecular weight is 336 g/mol. The number of pyridine rings is 1. The fourth-order valence-corrected chi connectivity index (χ4v) is 3.24. The Balaban J connectivity index is 1.48. The normalized spacial score (nSPS) is 14.6. The van der Waals surface area contributed by atoms with E-state index in [4.69, 9.17) is 0 Å². The van der Waals surface area contributed by atoms with Crippen molar-refractivity contribution in [3.05, 3.63) is 65.8 Å². The Morgan fingerprint density at radius 3 is 2.76 bits per heavy atom. The molecule has 3 aromatic heterocycles. The Morgan fingerprint density at radius 1 is 1.24 bits per heavy atom. The number of likely N-dealkylation sites (tertiary alicyclic amines) is 1. The summed E-state index contributed by atoms with van der Waals surface area (Å²) in [5.41, 5.74) is 2.88. The zero-order valence-electron chi connectivity index (χ0n) is 14.3. The van der Waals surface area contributed by atoms with Crippen LogP contribution in [0.5, 0.6) is 0 Å². The number of carbonyl (C=O) groups is 1. The van der Waals surface area contributed by atoms with Gasteiger partial charge in [-0.2, -0.15) is 5.10 Å². The van der Waals surface area contributed by atoms with E-state index in [0.717, 1.165) is 23.6 Å². The van der Waals surface area contributed by atoms with Crippen LogP contribution in [0.4, 0.5) is 0 Å². The first-order valence-electron chi connectivity index (χ1n) is 8.31. The van der Waals surface area contributed by atoms with Crippen molar-refractivity contribution in [3.63, 3.8) is 0 Å². The largest absolute Gasteiger partial charge is 0.336 e. The second-order valence-electron chi connectivity index (χ2n) is 6.45. The first kappa shape index (κ1) is 15.6. The Morgan fingerprint density at radius 2 is 2.08 bits per heavy atom. The molecule has 0 aliphatic carbocycles. The molecule has 4 heterocycles. The van der Waals surface area contributed by atoms with Gasteiger partial charge in [0.15, 0.2) is 0 Å². The molecule has 0 spiro atoms. The zero-order valence-corrected chi connectivity index (χ0v) is 14.3. The standard InChI is InChI=1S/C18H20N6O/c1-13-8-20-17(24(13)10-14-4-3-6-19-9-14)15-11-23(12-15)18(25)16-5-7-21-22(16)2/h3-9,15H,10-12H2,1-2H3. The van der Waals surface area contributed by atoms with Crippen molar-refractivity contribution in [3.8, 4) is 0 Å². The highest BCUT2D eigenvalue weighted by Crippen LogP contribution is 2.28. The molecule has 0 radical (unpaired) electrons. The molecule has 25 heavy (non-hydrogen) atoms. The van der Waals surface area contributed by atoms with Crippen LogP contribution >= 0.6 is 0 Å². The molecule has 0 unspecified atom stereocenters. The maximum absolute atomic E-state index is 12.5. The Hall–Kier alpha value is -2.96. The van der Waals surface area contributed by atoms with E-state index in [1.165, 1.54) is 0 Å². The van der Waals surface area contributed by atoms with Crippen LogP contribution in [0, 0.1) is 6.92 Å². The lowest BCUT2D eigenvalue weighted by atomic mass is 9.98. The summed E-state index contributed by atoms with van der Waals surface area (Å²) in [6.45, 7) is 4.19. The van der Waals surface area contributed by atoms with Gasteiger partial charge in [0, 0.05) is 50.6 Å². The third-order valence-corrected chi connectivity index (χ3v) is 4.72. The minimum Gasteiger partial charge on any atom is -0.336 e. The van der Waals surface area contributed by atoms with E-state index in [-0.39, 0.29) is 11.8 Å². The SMILES string of the molecule is Cc1cnc(C2CN(C(=O)c3ccnn3C)C2)n1Cc1cccnc1. The molecular formula is C18H20N6O. The number of imidazole rings is 1. The highest BCUT2D eigenvalue weighted by Gasteiger charge is 2.36. The summed E-state index contributed by atoms with van der Waals surface area (Å²) in [5.74, 6) is 1.33.